The van der Waals surface area contributed by atoms with Crippen LogP contribution in [0.3, 0.4) is 0 Å². The molecule has 1 unspecified atom stereocenters. The fourth-order valence-corrected chi connectivity index (χ4v) is 1.84. The van der Waals surface area contributed by atoms with E-state index in [1.165, 1.54) is 4.90 Å². The normalized spacial score (nSPS) is 11.9. The third kappa shape index (κ3) is 3.48. The predicted molar refractivity (Wildman–Crippen MR) is 69.4 cm³/mol. The van der Waals surface area contributed by atoms with Crippen LogP contribution in [-0.2, 0) is 9.59 Å². The first-order chi connectivity index (χ1) is 8.45. The number of rotatable bonds is 6. The minimum Gasteiger partial charge on any atom is -0.480 e. The second kappa shape index (κ2) is 6.05. The van der Waals surface area contributed by atoms with Gasteiger partial charge < -0.3 is 15.7 Å². The van der Waals surface area contributed by atoms with Crippen LogP contribution in [0.15, 0.2) is 24.3 Å². The number of nitrogens with two attached hydrogens (primary N) is 1. The van der Waals surface area contributed by atoms with Gasteiger partial charge >= 0.3 is 5.97 Å². The van der Waals surface area contributed by atoms with Crippen molar-refractivity contribution in [3.05, 3.63) is 29.8 Å². The molecular formula is C13H18N2O3. The molecule has 0 spiro atoms. The highest BCUT2D eigenvalue weighted by Gasteiger charge is 2.24. The fourth-order valence-electron chi connectivity index (χ4n) is 1.84. The second-order valence-electron chi connectivity index (χ2n) is 4.18. The number of carboxylic acids is 1. The lowest BCUT2D eigenvalue weighted by Crippen LogP contribution is -2.46. The summed E-state index contributed by atoms with van der Waals surface area (Å²) in [6, 6.07) is 6.73. The van der Waals surface area contributed by atoms with Crippen LogP contribution in [0, 0.1) is 6.92 Å². The molecule has 1 atom stereocenters. The van der Waals surface area contributed by atoms with Crippen molar-refractivity contribution in [2.24, 2.45) is 5.73 Å². The van der Waals surface area contributed by atoms with Crippen molar-refractivity contribution in [2.45, 2.75) is 26.3 Å². The second-order valence-corrected chi connectivity index (χ2v) is 4.18. The van der Waals surface area contributed by atoms with E-state index in [2.05, 4.69) is 0 Å². The van der Waals surface area contributed by atoms with E-state index in [1.807, 2.05) is 19.1 Å². The van der Waals surface area contributed by atoms with Crippen LogP contribution in [-0.4, -0.2) is 29.6 Å². The molecule has 18 heavy (non-hydrogen) atoms. The smallest absolute Gasteiger partial charge is 0.323 e. The van der Waals surface area contributed by atoms with Crippen molar-refractivity contribution in [2.75, 3.05) is 11.4 Å². The lowest BCUT2D eigenvalue weighted by Gasteiger charge is -2.29. The first kappa shape index (κ1) is 14.0. The van der Waals surface area contributed by atoms with Crippen molar-refractivity contribution in [1.82, 2.24) is 0 Å². The van der Waals surface area contributed by atoms with E-state index < -0.39 is 17.9 Å². The largest absolute Gasteiger partial charge is 0.480 e. The van der Waals surface area contributed by atoms with Crippen LogP contribution >= 0.6 is 0 Å². The molecule has 0 aliphatic heterocycles. The molecule has 0 radical (unpaired) electrons. The van der Waals surface area contributed by atoms with Crippen molar-refractivity contribution in [1.29, 1.82) is 0 Å². The summed E-state index contributed by atoms with van der Waals surface area (Å²) < 4.78 is 0. The molecule has 98 valence electrons. The molecule has 0 saturated heterocycles. The van der Waals surface area contributed by atoms with E-state index in [0.29, 0.717) is 12.1 Å². The quantitative estimate of drug-likeness (QED) is 0.793. The number of carboxylic acid groups (broad SMARTS) is 1. The van der Waals surface area contributed by atoms with Gasteiger partial charge in [-0.1, -0.05) is 24.6 Å². The SMILES string of the molecule is CCC(C(N)=O)N(CC(=O)O)c1ccc(C)cc1. The predicted octanol–water partition coefficient (Wildman–Crippen LogP) is 1.15. The number of hydrogen-bond acceptors (Lipinski definition) is 3. The molecular weight excluding hydrogens is 232 g/mol. The molecule has 5 nitrogen and oxygen atoms in total. The summed E-state index contributed by atoms with van der Waals surface area (Å²) >= 11 is 0. The van der Waals surface area contributed by atoms with Crippen molar-refractivity contribution < 1.29 is 14.7 Å². The van der Waals surface area contributed by atoms with Gasteiger partial charge in [0.25, 0.3) is 0 Å². The first-order valence-electron chi connectivity index (χ1n) is 5.80. The van der Waals surface area contributed by atoms with Crippen LogP contribution in [0.25, 0.3) is 0 Å². The van der Waals surface area contributed by atoms with E-state index in [-0.39, 0.29) is 6.54 Å². The summed E-state index contributed by atoms with van der Waals surface area (Å²) in [5, 5.41) is 8.93. The van der Waals surface area contributed by atoms with Crippen molar-refractivity contribution in [3.63, 3.8) is 0 Å². The standard InChI is InChI=1S/C13H18N2O3/c1-3-11(13(14)18)15(8-12(16)17)10-6-4-9(2)5-7-10/h4-7,11H,3,8H2,1-2H3,(H2,14,18)(H,16,17). The van der Waals surface area contributed by atoms with E-state index in [0.717, 1.165) is 5.56 Å². The van der Waals surface area contributed by atoms with Gasteiger partial charge in [-0.25, -0.2) is 0 Å². The summed E-state index contributed by atoms with van der Waals surface area (Å²) in [5.74, 6) is -1.50. The zero-order valence-electron chi connectivity index (χ0n) is 10.6. The number of aliphatic carboxylic acids is 1. The van der Waals surface area contributed by atoms with Crippen LogP contribution < -0.4 is 10.6 Å². The maximum absolute atomic E-state index is 11.4. The zero-order chi connectivity index (χ0) is 13.7. The van der Waals surface area contributed by atoms with Gasteiger partial charge in [-0.05, 0) is 25.5 Å². The minimum absolute atomic E-state index is 0.246. The molecule has 1 amide bonds. The number of benzene rings is 1. The number of carbonyl (C=O) groups is 2. The Labute approximate surface area is 106 Å². The lowest BCUT2D eigenvalue weighted by molar-refractivity contribution is -0.135. The Balaban J connectivity index is 3.07. The van der Waals surface area contributed by atoms with Crippen LogP contribution in [0.4, 0.5) is 5.69 Å². The maximum Gasteiger partial charge on any atom is 0.323 e. The number of amides is 1. The first-order valence-corrected chi connectivity index (χ1v) is 5.80. The molecule has 5 heteroatoms. The van der Waals surface area contributed by atoms with Gasteiger partial charge in [-0.15, -0.1) is 0 Å². The molecule has 0 heterocycles. The van der Waals surface area contributed by atoms with Gasteiger partial charge in [-0.3, -0.25) is 9.59 Å². The Morgan fingerprint density at radius 1 is 1.33 bits per heavy atom. The molecule has 3 N–H and O–H groups in total. The third-order valence-corrected chi connectivity index (χ3v) is 2.76. The number of nitrogens with zero attached hydrogens (tertiary/aromatic N) is 1. The molecule has 0 fully saturated rings. The summed E-state index contributed by atoms with van der Waals surface area (Å²) in [5.41, 5.74) is 7.08. The molecule has 0 aliphatic rings. The summed E-state index contributed by atoms with van der Waals surface area (Å²) in [6.07, 6.45) is 0.469. The van der Waals surface area contributed by atoms with Gasteiger partial charge in [0.2, 0.25) is 5.91 Å². The molecule has 1 aromatic rings. The Hall–Kier alpha value is -2.04. The topological polar surface area (TPSA) is 83.6 Å². The van der Waals surface area contributed by atoms with Gasteiger partial charge in [0.15, 0.2) is 0 Å². The minimum atomic E-state index is -0.990. The summed E-state index contributed by atoms with van der Waals surface area (Å²) in [4.78, 5) is 23.8. The molecule has 1 aromatic carbocycles. The van der Waals surface area contributed by atoms with E-state index in [4.69, 9.17) is 10.8 Å². The Kier molecular flexibility index (Phi) is 4.71. The third-order valence-electron chi connectivity index (χ3n) is 2.76. The van der Waals surface area contributed by atoms with Gasteiger partial charge in [0, 0.05) is 5.69 Å². The van der Waals surface area contributed by atoms with Gasteiger partial charge in [-0.2, -0.15) is 0 Å². The van der Waals surface area contributed by atoms with Crippen LogP contribution in [0.1, 0.15) is 18.9 Å². The summed E-state index contributed by atoms with van der Waals surface area (Å²) in [6.45, 7) is 3.50. The Bertz CT molecular complexity index is 428. The lowest BCUT2D eigenvalue weighted by atomic mass is 10.1. The number of aryl methyl sites for hydroxylation is 1. The molecule has 0 bridgehead atoms. The van der Waals surface area contributed by atoms with E-state index in [9.17, 15) is 9.59 Å². The van der Waals surface area contributed by atoms with Gasteiger partial charge in [0.1, 0.15) is 12.6 Å². The van der Waals surface area contributed by atoms with Crippen molar-refractivity contribution in [3.8, 4) is 0 Å². The van der Waals surface area contributed by atoms with E-state index in [1.54, 1.807) is 19.1 Å². The highest BCUT2D eigenvalue weighted by Crippen LogP contribution is 2.19. The average molecular weight is 250 g/mol. The number of anilines is 1. The van der Waals surface area contributed by atoms with Crippen LogP contribution in [0.5, 0.6) is 0 Å². The fraction of sp³-hybridized carbons (Fsp3) is 0.385. The van der Waals surface area contributed by atoms with Gasteiger partial charge in [0.05, 0.1) is 0 Å². The average Bonchev–Trinajstić information content (AvgIpc) is 2.28. The summed E-state index contributed by atoms with van der Waals surface area (Å²) in [7, 11) is 0. The Morgan fingerprint density at radius 3 is 2.28 bits per heavy atom. The number of carbonyl (C=O) groups excluding carboxylic acids is 1. The number of primary amides is 1. The monoisotopic (exact) mass is 250 g/mol. The van der Waals surface area contributed by atoms with Crippen molar-refractivity contribution >= 4 is 17.6 Å². The highest BCUT2D eigenvalue weighted by molar-refractivity contribution is 5.86. The number of hydrogen-bond donors (Lipinski definition) is 2. The molecule has 0 aromatic heterocycles. The molecule has 0 aliphatic carbocycles. The molecule has 0 saturated carbocycles. The molecule has 1 rings (SSSR count). The maximum atomic E-state index is 11.4. The van der Waals surface area contributed by atoms with Crippen LogP contribution in [0.2, 0.25) is 0 Å². The zero-order valence-corrected chi connectivity index (χ0v) is 10.6. The van der Waals surface area contributed by atoms with E-state index >= 15 is 0 Å². The highest BCUT2D eigenvalue weighted by atomic mass is 16.4. The Morgan fingerprint density at radius 2 is 1.89 bits per heavy atom.